The fourth-order valence-corrected chi connectivity index (χ4v) is 4.11. The van der Waals surface area contributed by atoms with Crippen molar-refractivity contribution in [1.82, 2.24) is 0 Å². The number of imide groups is 1. The maximum Gasteiger partial charge on any atom is 0.416 e. The van der Waals surface area contributed by atoms with E-state index in [4.69, 9.17) is 46.4 Å². The number of hydrogen-bond acceptors (Lipinski definition) is 4. The Morgan fingerprint density at radius 1 is 0.838 bits per heavy atom. The Labute approximate surface area is 227 Å². The van der Waals surface area contributed by atoms with Crippen molar-refractivity contribution in [2.24, 2.45) is 0 Å². The summed E-state index contributed by atoms with van der Waals surface area (Å²) in [6.45, 7) is 0. The Morgan fingerprint density at radius 3 is 2.24 bits per heavy atom. The summed E-state index contributed by atoms with van der Waals surface area (Å²) >= 11 is 24.2. The Balaban J connectivity index is 1.57. The number of amides is 3. The standard InChI is InChI=1S/C24H12Cl4F3N3O3/c25-13-5-7-16(27)18(10-13)34-22(36)19(28)20(23(34)37)32-14-3-1-2-11(8-14)21(35)33-17-9-12(24(29,30)31)4-6-15(17)26/h1-10,32H,(H,33,35). The SMILES string of the molecule is O=C(Nc1cc(C(F)(F)F)ccc1Cl)c1cccc(NC2=C(Cl)C(=O)N(c3cc(Cl)ccc3Cl)C2=O)c1. The van der Waals surface area contributed by atoms with Crippen LogP contribution < -0.4 is 15.5 Å². The first-order chi connectivity index (χ1) is 17.4. The normalized spacial score (nSPS) is 13.9. The van der Waals surface area contributed by atoms with Crippen molar-refractivity contribution in [3.63, 3.8) is 0 Å². The first-order valence-corrected chi connectivity index (χ1v) is 11.7. The Morgan fingerprint density at radius 2 is 1.54 bits per heavy atom. The number of nitrogens with one attached hydrogen (secondary N) is 2. The van der Waals surface area contributed by atoms with Gasteiger partial charge in [-0.15, -0.1) is 0 Å². The lowest BCUT2D eigenvalue weighted by atomic mass is 10.1. The fourth-order valence-electron chi connectivity index (χ4n) is 3.36. The maximum absolute atomic E-state index is 13.0. The third kappa shape index (κ3) is 5.55. The second-order valence-corrected chi connectivity index (χ2v) is 9.21. The summed E-state index contributed by atoms with van der Waals surface area (Å²) in [5, 5.41) is 4.84. The molecule has 3 aromatic carbocycles. The van der Waals surface area contributed by atoms with Crippen LogP contribution in [-0.2, 0) is 15.8 Å². The number of benzene rings is 3. The topological polar surface area (TPSA) is 78.5 Å². The predicted molar refractivity (Wildman–Crippen MR) is 136 cm³/mol. The molecule has 0 saturated heterocycles. The third-order valence-electron chi connectivity index (χ3n) is 5.11. The highest BCUT2D eigenvalue weighted by Crippen LogP contribution is 2.36. The summed E-state index contributed by atoms with van der Waals surface area (Å²) in [7, 11) is 0. The Kier molecular flexibility index (Phi) is 7.43. The van der Waals surface area contributed by atoms with E-state index in [2.05, 4.69) is 10.6 Å². The largest absolute Gasteiger partial charge is 0.416 e. The van der Waals surface area contributed by atoms with E-state index in [1.807, 2.05) is 0 Å². The molecule has 0 atom stereocenters. The van der Waals surface area contributed by atoms with Crippen molar-refractivity contribution in [2.75, 3.05) is 15.5 Å². The van der Waals surface area contributed by atoms with Crippen LogP contribution in [0.5, 0.6) is 0 Å². The van der Waals surface area contributed by atoms with Gasteiger partial charge in [0.1, 0.15) is 10.7 Å². The van der Waals surface area contributed by atoms with Crippen LogP contribution in [0.2, 0.25) is 15.1 Å². The van der Waals surface area contributed by atoms with Gasteiger partial charge >= 0.3 is 6.18 Å². The number of hydrogen-bond donors (Lipinski definition) is 2. The van der Waals surface area contributed by atoms with E-state index < -0.39 is 34.5 Å². The lowest BCUT2D eigenvalue weighted by Crippen LogP contribution is -2.32. The summed E-state index contributed by atoms with van der Waals surface area (Å²) in [6, 6.07) is 12.4. The number of anilines is 3. The van der Waals surface area contributed by atoms with E-state index in [1.54, 1.807) is 0 Å². The second kappa shape index (κ2) is 10.3. The van der Waals surface area contributed by atoms with Gasteiger partial charge < -0.3 is 10.6 Å². The second-order valence-electron chi connectivity index (χ2n) is 7.58. The molecule has 1 heterocycles. The molecule has 0 fully saturated rings. The zero-order valence-electron chi connectivity index (χ0n) is 18.1. The summed E-state index contributed by atoms with van der Waals surface area (Å²) in [5.74, 6) is -2.43. The smallest absolute Gasteiger partial charge is 0.350 e. The van der Waals surface area contributed by atoms with Crippen molar-refractivity contribution in [3.05, 3.63) is 97.6 Å². The average Bonchev–Trinajstić information content (AvgIpc) is 3.04. The van der Waals surface area contributed by atoms with Crippen LogP contribution in [0.3, 0.4) is 0 Å². The van der Waals surface area contributed by atoms with E-state index in [0.717, 1.165) is 17.0 Å². The molecule has 0 spiro atoms. The number of nitrogens with zero attached hydrogens (tertiary/aromatic N) is 1. The maximum atomic E-state index is 13.0. The highest BCUT2D eigenvalue weighted by atomic mass is 35.5. The highest BCUT2D eigenvalue weighted by molar-refractivity contribution is 6.54. The minimum atomic E-state index is -4.63. The molecule has 190 valence electrons. The zero-order chi connectivity index (χ0) is 27.1. The van der Waals surface area contributed by atoms with Crippen molar-refractivity contribution in [3.8, 4) is 0 Å². The van der Waals surface area contributed by atoms with Crippen LogP contribution in [0.1, 0.15) is 15.9 Å². The first-order valence-electron chi connectivity index (χ1n) is 10.2. The van der Waals surface area contributed by atoms with E-state index in [-0.39, 0.29) is 43.4 Å². The molecule has 0 bridgehead atoms. The molecule has 3 aromatic rings. The molecule has 13 heteroatoms. The van der Waals surface area contributed by atoms with Crippen LogP contribution in [-0.4, -0.2) is 17.7 Å². The van der Waals surface area contributed by atoms with Gasteiger partial charge in [0, 0.05) is 16.3 Å². The van der Waals surface area contributed by atoms with Crippen LogP contribution >= 0.6 is 46.4 Å². The number of carbonyl (C=O) groups excluding carboxylic acids is 3. The molecule has 1 aliphatic heterocycles. The lowest BCUT2D eigenvalue weighted by Gasteiger charge is -2.17. The van der Waals surface area contributed by atoms with Gasteiger partial charge in [-0.05, 0) is 54.6 Å². The van der Waals surface area contributed by atoms with Crippen molar-refractivity contribution in [1.29, 1.82) is 0 Å². The average molecular weight is 589 g/mol. The lowest BCUT2D eigenvalue weighted by molar-refractivity contribution is -0.137. The van der Waals surface area contributed by atoms with E-state index >= 15 is 0 Å². The van der Waals surface area contributed by atoms with Gasteiger partial charge in [0.15, 0.2) is 0 Å². The summed E-state index contributed by atoms with van der Waals surface area (Å²) in [6.07, 6.45) is -4.63. The predicted octanol–water partition coefficient (Wildman–Crippen LogP) is 7.35. The number of alkyl halides is 3. The molecule has 0 aromatic heterocycles. The Hall–Kier alpha value is -3.24. The molecule has 1 aliphatic rings. The van der Waals surface area contributed by atoms with Gasteiger partial charge in [-0.3, -0.25) is 14.4 Å². The molecule has 0 radical (unpaired) electrons. The summed E-state index contributed by atoms with van der Waals surface area (Å²) in [5.41, 5.74) is -1.27. The molecule has 0 unspecified atom stereocenters. The minimum absolute atomic E-state index is 0.0155. The zero-order valence-corrected chi connectivity index (χ0v) is 21.1. The molecule has 0 saturated carbocycles. The molecule has 37 heavy (non-hydrogen) atoms. The van der Waals surface area contributed by atoms with Gasteiger partial charge in [0.05, 0.1) is 27.0 Å². The van der Waals surface area contributed by atoms with E-state index in [1.165, 1.54) is 42.5 Å². The minimum Gasteiger partial charge on any atom is -0.350 e. The summed E-state index contributed by atoms with van der Waals surface area (Å²) in [4.78, 5) is 39.2. The molecule has 2 N–H and O–H groups in total. The molecule has 3 amide bonds. The van der Waals surface area contributed by atoms with Crippen LogP contribution in [0, 0.1) is 0 Å². The van der Waals surface area contributed by atoms with Gasteiger partial charge in [0.25, 0.3) is 17.7 Å². The molecular weight excluding hydrogens is 577 g/mol. The first kappa shape index (κ1) is 26.8. The monoisotopic (exact) mass is 587 g/mol. The van der Waals surface area contributed by atoms with Crippen molar-refractivity contribution in [2.45, 2.75) is 6.18 Å². The Bertz CT molecular complexity index is 1490. The van der Waals surface area contributed by atoms with E-state index in [0.29, 0.717) is 6.07 Å². The molecule has 4 rings (SSSR count). The molecule has 0 aliphatic carbocycles. The van der Waals surface area contributed by atoms with Crippen LogP contribution in [0.4, 0.5) is 30.2 Å². The molecular formula is C24H12Cl4F3N3O3. The third-order valence-corrected chi connectivity index (χ3v) is 6.35. The summed E-state index contributed by atoms with van der Waals surface area (Å²) < 4.78 is 39.1. The molecule has 6 nitrogen and oxygen atoms in total. The number of rotatable bonds is 5. The van der Waals surface area contributed by atoms with Gasteiger partial charge in [-0.25, -0.2) is 4.90 Å². The van der Waals surface area contributed by atoms with Gasteiger partial charge in [0.2, 0.25) is 0 Å². The van der Waals surface area contributed by atoms with Gasteiger partial charge in [-0.1, -0.05) is 52.5 Å². The van der Waals surface area contributed by atoms with E-state index in [9.17, 15) is 27.6 Å². The quantitative estimate of drug-likeness (QED) is 0.305. The highest BCUT2D eigenvalue weighted by Gasteiger charge is 2.40. The van der Waals surface area contributed by atoms with Gasteiger partial charge in [-0.2, -0.15) is 13.2 Å². The fraction of sp³-hybridized carbons (Fsp3) is 0.0417. The van der Waals surface area contributed by atoms with Crippen molar-refractivity contribution < 1.29 is 27.6 Å². The number of halogens is 7. The van der Waals surface area contributed by atoms with Crippen LogP contribution in [0.15, 0.2) is 71.4 Å². The van der Waals surface area contributed by atoms with Crippen LogP contribution in [0.25, 0.3) is 0 Å². The number of carbonyl (C=O) groups is 3. The van der Waals surface area contributed by atoms with Crippen molar-refractivity contribution >= 4 is 81.2 Å².